The molecule has 30 heavy (non-hydrogen) atoms. The van der Waals surface area contributed by atoms with Gasteiger partial charge in [0.2, 0.25) is 0 Å². The molecule has 0 aliphatic heterocycles. The van der Waals surface area contributed by atoms with Gasteiger partial charge in [-0.3, -0.25) is 4.79 Å². The fourth-order valence-corrected chi connectivity index (χ4v) is 3.33. The van der Waals surface area contributed by atoms with E-state index >= 15 is 0 Å². The maximum Gasteiger partial charge on any atom is 0.273 e. The van der Waals surface area contributed by atoms with Crippen LogP contribution in [0.2, 0.25) is 0 Å². The van der Waals surface area contributed by atoms with Gasteiger partial charge in [0, 0.05) is 19.0 Å². The number of hydrogen-bond donors (Lipinski definition) is 1. The first-order valence-corrected chi connectivity index (χ1v) is 9.90. The second-order valence-electron chi connectivity index (χ2n) is 7.09. The van der Waals surface area contributed by atoms with Crippen molar-refractivity contribution >= 4 is 11.5 Å². The summed E-state index contributed by atoms with van der Waals surface area (Å²) in [4.78, 5) is 12.4. The number of allylic oxidation sites excluding steroid dienone is 1. The molecule has 0 atom stereocenters. The number of aryl methyl sites for hydroxylation is 1. The van der Waals surface area contributed by atoms with Crippen LogP contribution in [-0.2, 0) is 6.42 Å². The summed E-state index contributed by atoms with van der Waals surface area (Å²) in [5.41, 5.74) is 3.82. The van der Waals surface area contributed by atoms with Crippen LogP contribution >= 0.6 is 0 Å². The molecule has 1 N–H and O–H groups in total. The molecule has 0 fully saturated rings. The highest BCUT2D eigenvalue weighted by atomic mass is 19.1. The smallest absolute Gasteiger partial charge is 0.273 e. The summed E-state index contributed by atoms with van der Waals surface area (Å²) >= 11 is 0. The SMILES string of the molecule is CC/C=C(/CCNC(=O)c1cc(Cc2cccc(F)c2)on1)c1ccc(F)cc1C. The third-order valence-corrected chi connectivity index (χ3v) is 4.72. The number of amides is 1. The molecule has 0 bridgehead atoms. The monoisotopic (exact) mass is 410 g/mol. The summed E-state index contributed by atoms with van der Waals surface area (Å²) in [6.07, 6.45) is 3.89. The Morgan fingerprint density at radius 3 is 2.67 bits per heavy atom. The lowest BCUT2D eigenvalue weighted by molar-refractivity contribution is 0.0945. The van der Waals surface area contributed by atoms with Crippen molar-refractivity contribution in [2.45, 2.75) is 33.1 Å². The minimum absolute atomic E-state index is 0.181. The van der Waals surface area contributed by atoms with Crippen molar-refractivity contribution in [3.63, 3.8) is 0 Å². The lowest BCUT2D eigenvalue weighted by Gasteiger charge is -2.12. The molecule has 0 radical (unpaired) electrons. The van der Waals surface area contributed by atoms with E-state index in [1.165, 1.54) is 24.3 Å². The van der Waals surface area contributed by atoms with Gasteiger partial charge >= 0.3 is 0 Å². The lowest BCUT2D eigenvalue weighted by Crippen LogP contribution is -2.25. The molecule has 0 saturated carbocycles. The first-order valence-electron chi connectivity index (χ1n) is 9.90. The van der Waals surface area contributed by atoms with E-state index in [1.54, 1.807) is 24.3 Å². The third kappa shape index (κ3) is 5.63. The zero-order valence-corrected chi connectivity index (χ0v) is 17.0. The molecule has 1 heterocycles. The molecule has 0 saturated heterocycles. The van der Waals surface area contributed by atoms with Gasteiger partial charge < -0.3 is 9.84 Å². The molecule has 0 aliphatic carbocycles. The van der Waals surface area contributed by atoms with E-state index in [0.717, 1.165) is 28.7 Å². The van der Waals surface area contributed by atoms with Crippen molar-refractivity contribution in [3.05, 3.63) is 94.4 Å². The summed E-state index contributed by atoms with van der Waals surface area (Å²) in [6, 6.07) is 12.5. The van der Waals surface area contributed by atoms with Crippen molar-refractivity contribution in [1.82, 2.24) is 10.5 Å². The average molecular weight is 410 g/mol. The van der Waals surface area contributed by atoms with Crippen LogP contribution in [0.4, 0.5) is 8.78 Å². The molecule has 3 rings (SSSR count). The van der Waals surface area contributed by atoms with Crippen molar-refractivity contribution in [2.75, 3.05) is 6.54 Å². The van der Waals surface area contributed by atoms with Gasteiger partial charge in [-0.05, 0) is 66.3 Å². The van der Waals surface area contributed by atoms with Gasteiger partial charge in [0.05, 0.1) is 0 Å². The van der Waals surface area contributed by atoms with Crippen LogP contribution in [0.1, 0.15) is 52.7 Å². The highest BCUT2D eigenvalue weighted by molar-refractivity contribution is 5.92. The summed E-state index contributed by atoms with van der Waals surface area (Å²) in [5.74, 6) is -0.437. The molecule has 156 valence electrons. The highest BCUT2D eigenvalue weighted by Gasteiger charge is 2.13. The van der Waals surface area contributed by atoms with Gasteiger partial charge in [0.1, 0.15) is 17.4 Å². The molecule has 6 heteroatoms. The number of nitrogens with one attached hydrogen (secondary N) is 1. The number of rotatable bonds is 8. The van der Waals surface area contributed by atoms with E-state index in [9.17, 15) is 13.6 Å². The molecular formula is C24H24F2N2O2. The van der Waals surface area contributed by atoms with E-state index < -0.39 is 0 Å². The van der Waals surface area contributed by atoms with Crippen molar-refractivity contribution < 1.29 is 18.1 Å². The number of nitrogens with zero attached hydrogens (tertiary/aromatic N) is 1. The molecule has 3 aromatic rings. The van der Waals surface area contributed by atoms with Gasteiger partial charge in [-0.1, -0.05) is 36.4 Å². The van der Waals surface area contributed by atoms with Crippen LogP contribution in [0.15, 0.2) is 59.1 Å². The Hall–Kier alpha value is -3.28. The average Bonchev–Trinajstić information content (AvgIpc) is 3.16. The van der Waals surface area contributed by atoms with Crippen molar-refractivity contribution in [1.29, 1.82) is 0 Å². The van der Waals surface area contributed by atoms with Crippen LogP contribution in [0.3, 0.4) is 0 Å². The fourth-order valence-electron chi connectivity index (χ4n) is 3.33. The fraction of sp³-hybridized carbons (Fsp3) is 0.250. The standard InChI is InChI=1S/C24H24F2N2O2/c1-3-5-18(22-9-8-20(26)12-16(22)2)10-11-27-24(29)23-15-21(30-28-23)14-17-6-4-7-19(25)13-17/h4-9,12-13,15H,3,10-11,14H2,1-2H3,(H,27,29)/b18-5-. The third-order valence-electron chi connectivity index (χ3n) is 4.72. The van der Waals surface area contributed by atoms with Gasteiger partial charge in [-0.25, -0.2) is 8.78 Å². The van der Waals surface area contributed by atoms with E-state index in [1.807, 2.05) is 13.8 Å². The second-order valence-corrected chi connectivity index (χ2v) is 7.09. The van der Waals surface area contributed by atoms with Gasteiger partial charge in [0.15, 0.2) is 5.69 Å². The Balaban J connectivity index is 1.58. The predicted molar refractivity (Wildman–Crippen MR) is 112 cm³/mol. The van der Waals surface area contributed by atoms with Gasteiger partial charge in [-0.15, -0.1) is 0 Å². The zero-order chi connectivity index (χ0) is 21.5. The first-order chi connectivity index (χ1) is 14.5. The Bertz CT molecular complexity index is 1060. The van der Waals surface area contributed by atoms with E-state index in [0.29, 0.717) is 25.1 Å². The summed E-state index contributed by atoms with van der Waals surface area (Å²) in [5, 5.41) is 6.65. The minimum atomic E-state index is -0.337. The van der Waals surface area contributed by atoms with E-state index in [2.05, 4.69) is 16.5 Å². The van der Waals surface area contributed by atoms with Gasteiger partial charge in [-0.2, -0.15) is 0 Å². The van der Waals surface area contributed by atoms with Crippen LogP contribution in [0.5, 0.6) is 0 Å². The Labute approximate surface area is 174 Å². The summed E-state index contributed by atoms with van der Waals surface area (Å²) < 4.78 is 31.9. The zero-order valence-electron chi connectivity index (χ0n) is 17.0. The number of benzene rings is 2. The van der Waals surface area contributed by atoms with Gasteiger partial charge in [0.25, 0.3) is 5.91 Å². The normalized spacial score (nSPS) is 11.5. The second kappa shape index (κ2) is 9.96. The Kier molecular flexibility index (Phi) is 7.12. The molecule has 0 spiro atoms. The maximum absolute atomic E-state index is 13.4. The number of hydrogen-bond acceptors (Lipinski definition) is 3. The van der Waals surface area contributed by atoms with Crippen LogP contribution in [0.25, 0.3) is 5.57 Å². The molecule has 1 amide bonds. The largest absolute Gasteiger partial charge is 0.360 e. The van der Waals surface area contributed by atoms with Crippen LogP contribution in [0, 0.1) is 18.6 Å². The predicted octanol–water partition coefficient (Wildman–Crippen LogP) is 5.47. The molecule has 1 aromatic heterocycles. The number of halogens is 2. The lowest BCUT2D eigenvalue weighted by atomic mass is 9.97. The number of carbonyl (C=O) groups is 1. The highest BCUT2D eigenvalue weighted by Crippen LogP contribution is 2.23. The van der Waals surface area contributed by atoms with Crippen LogP contribution < -0.4 is 5.32 Å². The first kappa shape index (κ1) is 21.4. The van der Waals surface area contributed by atoms with Crippen molar-refractivity contribution in [3.8, 4) is 0 Å². The van der Waals surface area contributed by atoms with E-state index in [4.69, 9.17) is 4.52 Å². The Morgan fingerprint density at radius 2 is 1.93 bits per heavy atom. The Morgan fingerprint density at radius 1 is 1.13 bits per heavy atom. The van der Waals surface area contributed by atoms with Crippen LogP contribution in [-0.4, -0.2) is 17.6 Å². The van der Waals surface area contributed by atoms with E-state index in [-0.39, 0.29) is 23.2 Å². The molecule has 2 aromatic carbocycles. The number of carbonyl (C=O) groups excluding carboxylic acids is 1. The molecular weight excluding hydrogens is 386 g/mol. The number of aromatic nitrogens is 1. The quantitative estimate of drug-likeness (QED) is 0.536. The topological polar surface area (TPSA) is 55.1 Å². The minimum Gasteiger partial charge on any atom is -0.360 e. The summed E-state index contributed by atoms with van der Waals surface area (Å²) in [7, 11) is 0. The molecule has 0 aliphatic rings. The summed E-state index contributed by atoms with van der Waals surface area (Å²) in [6.45, 7) is 4.32. The van der Waals surface area contributed by atoms with Crippen molar-refractivity contribution in [2.24, 2.45) is 0 Å². The maximum atomic E-state index is 13.4. The molecule has 0 unspecified atom stereocenters. The molecule has 4 nitrogen and oxygen atoms in total.